The highest BCUT2D eigenvalue weighted by atomic mass is 19.1. The molecule has 1 saturated carbocycles. The van der Waals surface area contributed by atoms with Gasteiger partial charge in [-0.2, -0.15) is 0 Å². The lowest BCUT2D eigenvalue weighted by molar-refractivity contribution is 0.118. The number of aliphatic hydroxyl groups excluding tert-OH is 1. The molecule has 178 valence electrons. The second-order valence-corrected chi connectivity index (χ2v) is 8.28. The van der Waals surface area contributed by atoms with Gasteiger partial charge in [0.1, 0.15) is 23.0 Å². The van der Waals surface area contributed by atoms with Crippen LogP contribution in [0.2, 0.25) is 0 Å². The van der Waals surface area contributed by atoms with E-state index in [0.717, 1.165) is 12.8 Å². The minimum Gasteiger partial charge on any atom is -0.403 e. The molecule has 2 aliphatic heterocycles. The summed E-state index contributed by atoms with van der Waals surface area (Å²) in [6.07, 6.45) is 4.58. The van der Waals surface area contributed by atoms with Crippen LogP contribution in [0.5, 0.6) is 0 Å². The van der Waals surface area contributed by atoms with Gasteiger partial charge in [-0.15, -0.1) is 0 Å². The van der Waals surface area contributed by atoms with Crippen LogP contribution in [-0.4, -0.2) is 53.2 Å². The number of anilines is 1. The maximum atomic E-state index is 14.3. The van der Waals surface area contributed by atoms with E-state index >= 15 is 0 Å². The van der Waals surface area contributed by atoms with Gasteiger partial charge in [-0.25, -0.2) is 23.2 Å². The maximum absolute atomic E-state index is 14.3. The van der Waals surface area contributed by atoms with Gasteiger partial charge in [0.15, 0.2) is 17.5 Å². The third kappa shape index (κ3) is 5.14. The first-order valence-electron chi connectivity index (χ1n) is 10.9. The van der Waals surface area contributed by atoms with E-state index in [4.69, 9.17) is 10.5 Å². The van der Waals surface area contributed by atoms with Crippen LogP contribution in [0.25, 0.3) is 0 Å². The molecule has 0 amide bonds. The molecule has 1 aliphatic carbocycles. The van der Waals surface area contributed by atoms with Crippen molar-refractivity contribution in [2.75, 3.05) is 18.5 Å². The summed E-state index contributed by atoms with van der Waals surface area (Å²) < 4.78 is 47.4. The standard InChI is InChI=1S/C22H27F3N6O2/c1-12(27-14-2-4-16(32)5-3-14)28-21-19(10-26)29-22(31(21)15-6-7-33-11-15)30-20-17(24)8-13(23)9-18(20)25/h8-10,14-16,27,32H,1-7,11,26H2,(H,29,30)/b19-10+,28-21+/t14-,15-,16-/m0/s1. The Balaban J connectivity index is 1.60. The summed E-state index contributed by atoms with van der Waals surface area (Å²) in [5, 5.41) is 15.6. The van der Waals surface area contributed by atoms with Gasteiger partial charge in [0.05, 0.1) is 18.8 Å². The number of hydrogen-bond acceptors (Lipinski definition) is 7. The number of nitrogens with zero attached hydrogens (tertiary/aromatic N) is 3. The van der Waals surface area contributed by atoms with E-state index in [1.807, 2.05) is 0 Å². The first-order chi connectivity index (χ1) is 15.9. The number of amidine groups is 1. The molecule has 3 aliphatic rings. The smallest absolute Gasteiger partial charge is 0.210 e. The minimum atomic E-state index is -1.09. The zero-order valence-corrected chi connectivity index (χ0v) is 18.0. The molecule has 11 heteroatoms. The second-order valence-electron chi connectivity index (χ2n) is 8.28. The summed E-state index contributed by atoms with van der Waals surface area (Å²) in [6, 6.07) is 1.09. The van der Waals surface area contributed by atoms with Gasteiger partial charge < -0.3 is 26.2 Å². The lowest BCUT2D eigenvalue weighted by Crippen LogP contribution is -2.45. The molecule has 1 atom stereocenters. The number of aliphatic imine (C=N–C) groups is 2. The Morgan fingerprint density at radius 1 is 1.21 bits per heavy atom. The van der Waals surface area contributed by atoms with Gasteiger partial charge >= 0.3 is 0 Å². The Morgan fingerprint density at radius 3 is 2.52 bits per heavy atom. The van der Waals surface area contributed by atoms with Crippen LogP contribution in [0.1, 0.15) is 32.1 Å². The molecule has 1 aromatic rings. The Labute approximate surface area is 189 Å². The van der Waals surface area contributed by atoms with E-state index in [-0.39, 0.29) is 29.8 Å². The van der Waals surface area contributed by atoms with Crippen LogP contribution in [0.4, 0.5) is 18.9 Å². The van der Waals surface area contributed by atoms with Gasteiger partial charge in [-0.3, -0.25) is 4.90 Å². The normalized spacial score (nSPS) is 27.8. The van der Waals surface area contributed by atoms with E-state index in [2.05, 4.69) is 27.2 Å². The van der Waals surface area contributed by atoms with Crippen molar-refractivity contribution >= 4 is 17.5 Å². The van der Waals surface area contributed by atoms with Gasteiger partial charge in [0.2, 0.25) is 5.96 Å². The number of hydrogen-bond donors (Lipinski definition) is 4. The zero-order valence-electron chi connectivity index (χ0n) is 18.0. The SMILES string of the molecule is C=C(/N=C1\C(=C/N)N=C(Nc2c(F)cc(F)cc2F)N1[C@H]1CCOC1)N[C@H]1CC[C@H](O)CC1. The average molecular weight is 464 g/mol. The number of benzene rings is 1. The number of ether oxygens (including phenoxy) is 1. The minimum absolute atomic E-state index is 0.0962. The van der Waals surface area contributed by atoms with Crippen molar-refractivity contribution in [3.8, 4) is 0 Å². The summed E-state index contributed by atoms with van der Waals surface area (Å²) in [4.78, 5) is 10.6. The van der Waals surface area contributed by atoms with E-state index in [1.54, 1.807) is 4.90 Å². The molecule has 33 heavy (non-hydrogen) atoms. The number of nitrogens with one attached hydrogen (secondary N) is 2. The Morgan fingerprint density at radius 2 is 1.91 bits per heavy atom. The lowest BCUT2D eigenvalue weighted by Gasteiger charge is -2.29. The molecule has 0 unspecified atom stereocenters. The van der Waals surface area contributed by atoms with Crippen molar-refractivity contribution in [3.63, 3.8) is 0 Å². The summed E-state index contributed by atoms with van der Waals surface area (Å²) in [5.74, 6) is -2.37. The van der Waals surface area contributed by atoms with Crippen LogP contribution in [0.3, 0.4) is 0 Å². The molecular weight excluding hydrogens is 437 g/mol. The van der Waals surface area contributed by atoms with Crippen LogP contribution in [0, 0.1) is 17.5 Å². The molecule has 0 spiro atoms. The van der Waals surface area contributed by atoms with Gasteiger partial charge in [0.25, 0.3) is 0 Å². The van der Waals surface area contributed by atoms with E-state index in [0.29, 0.717) is 56.3 Å². The van der Waals surface area contributed by atoms with Gasteiger partial charge in [-0.1, -0.05) is 6.58 Å². The van der Waals surface area contributed by atoms with E-state index in [1.165, 1.54) is 6.20 Å². The monoisotopic (exact) mass is 464 g/mol. The van der Waals surface area contributed by atoms with Gasteiger partial charge in [-0.05, 0) is 32.1 Å². The summed E-state index contributed by atoms with van der Waals surface area (Å²) in [5.41, 5.74) is 5.54. The largest absolute Gasteiger partial charge is 0.403 e. The Bertz CT molecular complexity index is 975. The molecule has 2 fully saturated rings. The number of rotatable bonds is 5. The predicted molar refractivity (Wildman–Crippen MR) is 119 cm³/mol. The van der Waals surface area contributed by atoms with Crippen molar-refractivity contribution in [2.45, 2.75) is 50.3 Å². The van der Waals surface area contributed by atoms with E-state index in [9.17, 15) is 18.3 Å². The Kier molecular flexibility index (Phi) is 6.89. The Hall–Kier alpha value is -3.05. The fourth-order valence-electron chi connectivity index (χ4n) is 4.21. The molecule has 5 N–H and O–H groups in total. The highest BCUT2D eigenvalue weighted by Gasteiger charge is 2.37. The van der Waals surface area contributed by atoms with E-state index < -0.39 is 23.1 Å². The van der Waals surface area contributed by atoms with Gasteiger partial charge in [0, 0.05) is 31.0 Å². The third-order valence-electron chi connectivity index (χ3n) is 5.89. The molecule has 0 bridgehead atoms. The lowest BCUT2D eigenvalue weighted by atomic mass is 9.93. The highest BCUT2D eigenvalue weighted by Crippen LogP contribution is 2.28. The van der Waals surface area contributed by atoms with Crippen LogP contribution in [0.15, 0.2) is 46.4 Å². The van der Waals surface area contributed by atoms with Crippen LogP contribution >= 0.6 is 0 Å². The van der Waals surface area contributed by atoms with Crippen molar-refractivity contribution in [3.05, 3.63) is 53.9 Å². The first-order valence-corrected chi connectivity index (χ1v) is 10.9. The molecule has 1 saturated heterocycles. The number of aliphatic hydroxyl groups is 1. The molecule has 0 aromatic heterocycles. The molecule has 0 radical (unpaired) electrons. The number of nitrogens with two attached hydrogens (primary N) is 1. The zero-order chi connectivity index (χ0) is 23.5. The quantitative estimate of drug-likeness (QED) is 0.534. The van der Waals surface area contributed by atoms with Crippen molar-refractivity contribution in [1.82, 2.24) is 10.2 Å². The summed E-state index contributed by atoms with van der Waals surface area (Å²) in [7, 11) is 0. The summed E-state index contributed by atoms with van der Waals surface area (Å²) in [6.45, 7) is 4.85. The van der Waals surface area contributed by atoms with Crippen molar-refractivity contribution in [2.24, 2.45) is 15.7 Å². The second kappa shape index (κ2) is 9.84. The van der Waals surface area contributed by atoms with Crippen molar-refractivity contribution in [1.29, 1.82) is 0 Å². The predicted octanol–water partition coefficient (Wildman–Crippen LogP) is 2.54. The van der Waals surface area contributed by atoms with Crippen molar-refractivity contribution < 1.29 is 23.0 Å². The number of guanidine groups is 1. The van der Waals surface area contributed by atoms with Crippen LogP contribution in [-0.2, 0) is 4.74 Å². The molecule has 8 nitrogen and oxygen atoms in total. The third-order valence-corrected chi connectivity index (χ3v) is 5.89. The molecule has 1 aromatic carbocycles. The number of halogens is 3. The average Bonchev–Trinajstić information content (AvgIpc) is 3.40. The fraction of sp³-hybridized carbons (Fsp3) is 0.455. The first kappa shape index (κ1) is 23.1. The molecular formula is C22H27F3N6O2. The summed E-state index contributed by atoms with van der Waals surface area (Å²) >= 11 is 0. The molecule has 2 heterocycles. The highest BCUT2D eigenvalue weighted by molar-refractivity contribution is 6.18. The topological polar surface area (TPSA) is 108 Å². The van der Waals surface area contributed by atoms with Crippen LogP contribution < -0.4 is 16.4 Å². The fourth-order valence-corrected chi connectivity index (χ4v) is 4.21. The molecule has 4 rings (SSSR count). The maximum Gasteiger partial charge on any atom is 0.210 e.